The number of aryl methyl sites for hydroxylation is 2. The second kappa shape index (κ2) is 5.47. The van der Waals surface area contributed by atoms with Crippen LogP contribution in [0.15, 0.2) is 24.5 Å². The summed E-state index contributed by atoms with van der Waals surface area (Å²) in [4.78, 5) is 18.5. The van der Waals surface area contributed by atoms with Crippen LogP contribution in [0.2, 0.25) is 0 Å². The molecule has 98 valence electrons. The summed E-state index contributed by atoms with van der Waals surface area (Å²) in [7, 11) is 0. The van der Waals surface area contributed by atoms with E-state index in [4.69, 9.17) is 4.74 Å². The summed E-state index contributed by atoms with van der Waals surface area (Å²) in [6.07, 6.45) is 3.16. The quantitative estimate of drug-likeness (QED) is 0.470. The Morgan fingerprint density at radius 3 is 2.47 bits per heavy atom. The number of aromatic nitrogens is 2. The highest BCUT2D eigenvalue weighted by atomic mass is 127. The van der Waals surface area contributed by atoms with Crippen LogP contribution in [0.4, 0.5) is 5.69 Å². The molecule has 1 aromatic carbocycles. The number of hydrogen-bond donors (Lipinski definition) is 0. The summed E-state index contributed by atoms with van der Waals surface area (Å²) in [6, 6.07) is 3.37. The fraction of sp³-hybridized carbons (Fsp3) is 0.167. The van der Waals surface area contributed by atoms with Crippen LogP contribution in [-0.2, 0) is 0 Å². The molecule has 0 N–H and O–H groups in total. The van der Waals surface area contributed by atoms with Crippen LogP contribution in [-0.4, -0.2) is 14.9 Å². The summed E-state index contributed by atoms with van der Waals surface area (Å²) in [5, 5.41) is 11.1. The van der Waals surface area contributed by atoms with Gasteiger partial charge in [0.2, 0.25) is 5.75 Å². The van der Waals surface area contributed by atoms with Gasteiger partial charge in [0, 0.05) is 22.0 Å². The molecule has 0 fully saturated rings. The number of ether oxygens (including phenoxy) is 1. The number of nitro benzene ring substituents is 1. The molecule has 1 heterocycles. The predicted octanol–water partition coefficient (Wildman–Crippen LogP) is 3.40. The molecule has 0 aliphatic rings. The molecule has 0 spiro atoms. The van der Waals surface area contributed by atoms with E-state index < -0.39 is 4.92 Å². The summed E-state index contributed by atoms with van der Waals surface area (Å²) in [5.41, 5.74) is 1.40. The minimum absolute atomic E-state index is 0.0837. The normalized spacial score (nSPS) is 10.3. The maximum Gasteiger partial charge on any atom is 0.322 e. The molecule has 0 aliphatic heterocycles. The standard InChI is InChI=1S/C12H10IN3O3/c1-7-3-8(2)11(10(4-7)16(17)18)19-12-14-5-9(13)6-15-12/h3-6H,1-2H3. The third kappa shape index (κ3) is 3.16. The average Bonchev–Trinajstić information content (AvgIpc) is 2.34. The lowest BCUT2D eigenvalue weighted by atomic mass is 10.1. The van der Waals surface area contributed by atoms with E-state index in [1.54, 1.807) is 26.2 Å². The maximum absolute atomic E-state index is 11.1. The van der Waals surface area contributed by atoms with Crippen molar-refractivity contribution in [1.82, 2.24) is 9.97 Å². The average molecular weight is 371 g/mol. The molecule has 19 heavy (non-hydrogen) atoms. The summed E-state index contributed by atoms with van der Waals surface area (Å²) >= 11 is 2.07. The van der Waals surface area contributed by atoms with Crippen molar-refractivity contribution in [3.63, 3.8) is 0 Å². The molecule has 0 bridgehead atoms. The fourth-order valence-corrected chi connectivity index (χ4v) is 1.92. The molecule has 0 saturated heterocycles. The lowest BCUT2D eigenvalue weighted by Crippen LogP contribution is -1.99. The fourth-order valence-electron chi connectivity index (χ4n) is 1.64. The Hall–Kier alpha value is -1.77. The van der Waals surface area contributed by atoms with Gasteiger partial charge in [-0.1, -0.05) is 6.07 Å². The van der Waals surface area contributed by atoms with Crippen LogP contribution in [0.5, 0.6) is 11.8 Å². The minimum atomic E-state index is -0.470. The number of nitrogens with zero attached hydrogens (tertiary/aromatic N) is 3. The first-order chi connectivity index (χ1) is 8.97. The summed E-state index contributed by atoms with van der Waals surface area (Å²) in [6.45, 7) is 3.55. The van der Waals surface area contributed by atoms with Crippen LogP contribution in [0.25, 0.3) is 0 Å². The van der Waals surface area contributed by atoms with Crippen molar-refractivity contribution >= 4 is 28.3 Å². The number of nitro groups is 1. The van der Waals surface area contributed by atoms with Gasteiger partial charge in [0.05, 0.1) is 4.92 Å². The van der Waals surface area contributed by atoms with Gasteiger partial charge in [-0.05, 0) is 47.6 Å². The lowest BCUT2D eigenvalue weighted by molar-refractivity contribution is -0.385. The van der Waals surface area contributed by atoms with E-state index >= 15 is 0 Å². The van der Waals surface area contributed by atoms with Crippen molar-refractivity contribution in [3.8, 4) is 11.8 Å². The number of benzene rings is 1. The van der Waals surface area contributed by atoms with Gasteiger partial charge >= 0.3 is 11.7 Å². The van der Waals surface area contributed by atoms with E-state index in [9.17, 15) is 10.1 Å². The highest BCUT2D eigenvalue weighted by molar-refractivity contribution is 14.1. The van der Waals surface area contributed by atoms with Gasteiger partial charge in [-0.25, -0.2) is 9.97 Å². The van der Waals surface area contributed by atoms with E-state index in [0.29, 0.717) is 5.56 Å². The number of halogens is 1. The van der Waals surface area contributed by atoms with Gasteiger partial charge in [-0.15, -0.1) is 0 Å². The van der Waals surface area contributed by atoms with Crippen LogP contribution in [0.3, 0.4) is 0 Å². The van der Waals surface area contributed by atoms with Crippen LogP contribution in [0, 0.1) is 27.5 Å². The first kappa shape index (κ1) is 13.7. The topological polar surface area (TPSA) is 78.2 Å². The Morgan fingerprint density at radius 1 is 1.26 bits per heavy atom. The Morgan fingerprint density at radius 2 is 1.89 bits per heavy atom. The SMILES string of the molecule is Cc1cc(C)c(Oc2ncc(I)cn2)c([N+](=O)[O-])c1. The van der Waals surface area contributed by atoms with Crippen molar-refractivity contribution < 1.29 is 9.66 Å². The highest BCUT2D eigenvalue weighted by Crippen LogP contribution is 2.34. The van der Waals surface area contributed by atoms with E-state index in [0.717, 1.165) is 9.13 Å². The Kier molecular flexibility index (Phi) is 3.93. The van der Waals surface area contributed by atoms with E-state index in [2.05, 4.69) is 32.6 Å². The first-order valence-electron chi connectivity index (χ1n) is 5.38. The van der Waals surface area contributed by atoms with E-state index in [-0.39, 0.29) is 17.4 Å². The Bertz CT molecular complexity index is 629. The van der Waals surface area contributed by atoms with Gasteiger partial charge < -0.3 is 4.74 Å². The van der Waals surface area contributed by atoms with Crippen molar-refractivity contribution in [2.24, 2.45) is 0 Å². The number of hydrogen-bond acceptors (Lipinski definition) is 5. The Labute approximate surface area is 123 Å². The first-order valence-corrected chi connectivity index (χ1v) is 6.46. The van der Waals surface area contributed by atoms with Crippen molar-refractivity contribution in [3.05, 3.63) is 49.3 Å². The molecule has 6 nitrogen and oxygen atoms in total. The third-order valence-electron chi connectivity index (χ3n) is 2.39. The zero-order valence-electron chi connectivity index (χ0n) is 10.3. The van der Waals surface area contributed by atoms with Gasteiger partial charge in [-0.2, -0.15) is 0 Å². The van der Waals surface area contributed by atoms with Gasteiger partial charge in [0.15, 0.2) is 0 Å². The number of rotatable bonds is 3. The summed E-state index contributed by atoms with van der Waals surface area (Å²) < 4.78 is 6.31. The van der Waals surface area contributed by atoms with E-state index in [1.165, 1.54) is 6.07 Å². The molecule has 0 unspecified atom stereocenters. The van der Waals surface area contributed by atoms with Crippen LogP contribution < -0.4 is 4.74 Å². The van der Waals surface area contributed by atoms with Gasteiger partial charge in [-0.3, -0.25) is 10.1 Å². The smallest absolute Gasteiger partial charge is 0.322 e. The largest absolute Gasteiger partial charge is 0.417 e. The molecular weight excluding hydrogens is 361 g/mol. The predicted molar refractivity (Wildman–Crippen MR) is 77.4 cm³/mol. The second-order valence-electron chi connectivity index (χ2n) is 3.97. The molecule has 0 radical (unpaired) electrons. The third-order valence-corrected chi connectivity index (χ3v) is 2.94. The lowest BCUT2D eigenvalue weighted by Gasteiger charge is -2.08. The van der Waals surface area contributed by atoms with Crippen molar-refractivity contribution in [1.29, 1.82) is 0 Å². The molecule has 0 aliphatic carbocycles. The second-order valence-corrected chi connectivity index (χ2v) is 5.22. The van der Waals surface area contributed by atoms with Crippen molar-refractivity contribution in [2.75, 3.05) is 0 Å². The summed E-state index contributed by atoms with van der Waals surface area (Å²) in [5.74, 6) is 0.178. The molecular formula is C12H10IN3O3. The van der Waals surface area contributed by atoms with Crippen LogP contribution in [0.1, 0.15) is 11.1 Å². The van der Waals surface area contributed by atoms with Crippen molar-refractivity contribution in [2.45, 2.75) is 13.8 Å². The maximum atomic E-state index is 11.1. The van der Waals surface area contributed by atoms with Gasteiger partial charge in [0.25, 0.3) is 0 Å². The van der Waals surface area contributed by atoms with Crippen LogP contribution >= 0.6 is 22.6 Å². The molecule has 2 rings (SSSR count). The molecule has 1 aromatic heterocycles. The molecule has 0 amide bonds. The zero-order chi connectivity index (χ0) is 14.0. The Balaban J connectivity index is 2.44. The monoisotopic (exact) mass is 371 g/mol. The molecule has 0 atom stereocenters. The van der Waals surface area contributed by atoms with Gasteiger partial charge in [0.1, 0.15) is 0 Å². The van der Waals surface area contributed by atoms with E-state index in [1.807, 2.05) is 6.07 Å². The molecule has 0 saturated carbocycles. The zero-order valence-corrected chi connectivity index (χ0v) is 12.4. The minimum Gasteiger partial charge on any atom is -0.417 e. The molecule has 7 heteroatoms. The highest BCUT2D eigenvalue weighted by Gasteiger charge is 2.20. The molecule has 2 aromatic rings.